The maximum absolute atomic E-state index is 4.94. The molecule has 0 unspecified atom stereocenters. The number of nitrogens with zero attached hydrogens (tertiary/aromatic N) is 3. The van der Waals surface area contributed by atoms with Crippen LogP contribution in [0, 0.1) is 0 Å². The van der Waals surface area contributed by atoms with E-state index >= 15 is 0 Å². The topological polar surface area (TPSA) is 38.7 Å². The van der Waals surface area contributed by atoms with E-state index in [4.69, 9.17) is 15.0 Å². The van der Waals surface area contributed by atoms with Crippen LogP contribution in [0.25, 0.3) is 72.1 Å². The second-order valence-electron chi connectivity index (χ2n) is 11.9. The van der Waals surface area contributed by atoms with Crippen molar-refractivity contribution in [2.75, 3.05) is 0 Å². The lowest BCUT2D eigenvalue weighted by Gasteiger charge is -2.14. The van der Waals surface area contributed by atoms with Crippen molar-refractivity contribution in [2.24, 2.45) is 0 Å². The summed E-state index contributed by atoms with van der Waals surface area (Å²) in [7, 11) is 0. The number of hydrogen-bond donors (Lipinski definition) is 0. The Bertz CT molecular complexity index is 2390. The van der Waals surface area contributed by atoms with E-state index in [1.54, 1.807) is 0 Å². The van der Waals surface area contributed by atoms with E-state index in [2.05, 4.69) is 103 Å². The number of thiophene rings is 1. The molecule has 2 heterocycles. The van der Waals surface area contributed by atoms with Crippen molar-refractivity contribution in [2.45, 2.75) is 6.42 Å². The Kier molecular flexibility index (Phi) is 7.07. The third-order valence-corrected chi connectivity index (χ3v) is 10.2. The summed E-state index contributed by atoms with van der Waals surface area (Å²) in [6.07, 6.45) is 3.27. The number of aromatic nitrogens is 3. The number of hydrogen-bond acceptors (Lipinski definition) is 4. The number of benzene rings is 6. The van der Waals surface area contributed by atoms with Crippen molar-refractivity contribution in [3.63, 3.8) is 0 Å². The van der Waals surface area contributed by atoms with E-state index in [1.165, 1.54) is 53.9 Å². The molecule has 0 radical (unpaired) electrons. The van der Waals surface area contributed by atoms with Gasteiger partial charge in [-0.1, -0.05) is 158 Å². The lowest BCUT2D eigenvalue weighted by molar-refractivity contribution is 1.07. The van der Waals surface area contributed by atoms with Crippen molar-refractivity contribution in [1.29, 1.82) is 0 Å². The quantitative estimate of drug-likeness (QED) is 0.190. The van der Waals surface area contributed by atoms with E-state index in [0.717, 1.165) is 23.1 Å². The Morgan fingerprint density at radius 2 is 0.917 bits per heavy atom. The van der Waals surface area contributed by atoms with Gasteiger partial charge in [0, 0.05) is 37.2 Å². The molecule has 0 fully saturated rings. The van der Waals surface area contributed by atoms with Crippen molar-refractivity contribution in [3.8, 4) is 56.4 Å². The van der Waals surface area contributed by atoms with Crippen LogP contribution in [0.2, 0.25) is 0 Å². The summed E-state index contributed by atoms with van der Waals surface area (Å²) in [5, 5.41) is 1.31. The van der Waals surface area contributed by atoms with Crippen molar-refractivity contribution in [1.82, 2.24) is 15.0 Å². The van der Waals surface area contributed by atoms with Crippen LogP contribution in [-0.2, 0) is 6.42 Å². The predicted molar refractivity (Wildman–Crippen MR) is 200 cm³/mol. The maximum atomic E-state index is 4.94. The minimum atomic E-state index is 0.658. The van der Waals surface area contributed by atoms with Gasteiger partial charge in [-0.15, -0.1) is 11.3 Å². The zero-order chi connectivity index (χ0) is 31.9. The van der Waals surface area contributed by atoms with Crippen LogP contribution in [-0.4, -0.2) is 15.0 Å². The highest BCUT2D eigenvalue weighted by Crippen LogP contribution is 2.48. The molecule has 0 saturated carbocycles. The first-order chi connectivity index (χ1) is 23.8. The Morgan fingerprint density at radius 3 is 1.54 bits per heavy atom. The van der Waals surface area contributed by atoms with Crippen LogP contribution in [0.5, 0.6) is 0 Å². The normalized spacial score (nSPS) is 12.2. The second-order valence-corrected chi connectivity index (χ2v) is 13.0. The summed E-state index contributed by atoms with van der Waals surface area (Å²) in [5.41, 5.74) is 11.9. The minimum Gasteiger partial charge on any atom is -0.208 e. The van der Waals surface area contributed by atoms with Gasteiger partial charge in [0.25, 0.3) is 0 Å². The van der Waals surface area contributed by atoms with Crippen molar-refractivity contribution >= 4 is 27.0 Å². The van der Waals surface area contributed by atoms with E-state index in [0.29, 0.717) is 17.5 Å². The van der Waals surface area contributed by atoms with Gasteiger partial charge < -0.3 is 0 Å². The SMILES string of the molecule is C1=C(c2ccccc2)c2sc3ccccc3c2-c2cccc(-c3ccc(-c4nc(-c5ccccc5)nc(-c5ccccc5)n4)cc3)c2C1. The molecule has 0 bridgehead atoms. The molecule has 1 aliphatic carbocycles. The highest BCUT2D eigenvalue weighted by molar-refractivity contribution is 7.20. The molecular weight excluding hydrogens is 603 g/mol. The van der Waals surface area contributed by atoms with Crippen molar-refractivity contribution in [3.05, 3.63) is 180 Å². The second kappa shape index (κ2) is 12.0. The molecule has 0 atom stereocenters. The molecule has 3 nitrogen and oxygen atoms in total. The standard InChI is InChI=1S/C44H29N3S/c1-4-13-29(14-5-1)35-27-28-36-34(20-12-21-37(36)40-38-19-10-11-22-39(38)48-41(35)40)30-23-25-33(26-24-30)44-46-42(31-15-6-2-7-16-31)45-43(47-44)32-17-8-3-9-18-32/h1-27H,28H2. The fourth-order valence-corrected chi connectivity index (χ4v) is 7.99. The first kappa shape index (κ1) is 28.3. The largest absolute Gasteiger partial charge is 0.208 e. The molecule has 0 spiro atoms. The van der Waals surface area contributed by atoms with Crippen LogP contribution in [0.3, 0.4) is 0 Å². The van der Waals surface area contributed by atoms with Gasteiger partial charge >= 0.3 is 0 Å². The lowest BCUT2D eigenvalue weighted by Crippen LogP contribution is -2.00. The van der Waals surface area contributed by atoms with Gasteiger partial charge in [0.2, 0.25) is 0 Å². The van der Waals surface area contributed by atoms with E-state index in [-0.39, 0.29) is 0 Å². The molecule has 6 aromatic carbocycles. The van der Waals surface area contributed by atoms with Gasteiger partial charge in [0.15, 0.2) is 17.5 Å². The fraction of sp³-hybridized carbons (Fsp3) is 0.0227. The highest BCUT2D eigenvalue weighted by Gasteiger charge is 2.24. The molecule has 0 aliphatic heterocycles. The molecule has 8 aromatic rings. The van der Waals surface area contributed by atoms with Gasteiger partial charge in [0.05, 0.1) is 0 Å². The van der Waals surface area contributed by atoms with Gasteiger partial charge in [-0.3, -0.25) is 0 Å². The van der Waals surface area contributed by atoms with Crippen LogP contribution in [0.15, 0.2) is 164 Å². The van der Waals surface area contributed by atoms with Crippen molar-refractivity contribution < 1.29 is 0 Å². The van der Waals surface area contributed by atoms with E-state index in [9.17, 15) is 0 Å². The summed E-state index contributed by atoms with van der Waals surface area (Å²) in [4.78, 5) is 16.1. The van der Waals surface area contributed by atoms with Gasteiger partial charge in [-0.05, 0) is 45.9 Å². The summed E-state index contributed by atoms with van der Waals surface area (Å²) in [6.45, 7) is 0. The Balaban J connectivity index is 1.16. The first-order valence-electron chi connectivity index (χ1n) is 16.2. The molecule has 1 aliphatic rings. The van der Waals surface area contributed by atoms with Crippen LogP contribution < -0.4 is 0 Å². The zero-order valence-electron chi connectivity index (χ0n) is 26.0. The smallest absolute Gasteiger partial charge is 0.164 e. The predicted octanol–water partition coefficient (Wildman–Crippen LogP) is 11.4. The molecule has 4 heteroatoms. The third-order valence-electron chi connectivity index (χ3n) is 9.03. The molecule has 0 saturated heterocycles. The van der Waals surface area contributed by atoms with Crippen LogP contribution >= 0.6 is 11.3 Å². The van der Waals surface area contributed by atoms with Gasteiger partial charge in [-0.25, -0.2) is 15.0 Å². The molecule has 2 aromatic heterocycles. The summed E-state index contributed by atoms with van der Waals surface area (Å²) >= 11 is 1.89. The van der Waals surface area contributed by atoms with Crippen LogP contribution in [0.4, 0.5) is 0 Å². The zero-order valence-corrected chi connectivity index (χ0v) is 26.9. The Hall–Kier alpha value is -5.97. The number of allylic oxidation sites excluding steroid dienone is 1. The molecule has 226 valence electrons. The highest BCUT2D eigenvalue weighted by atomic mass is 32.1. The molecule has 48 heavy (non-hydrogen) atoms. The molecule has 0 amide bonds. The van der Waals surface area contributed by atoms with Gasteiger partial charge in [0.1, 0.15) is 0 Å². The molecule has 0 N–H and O–H groups in total. The summed E-state index contributed by atoms with van der Waals surface area (Å²) in [5.74, 6) is 1.99. The fourth-order valence-electron chi connectivity index (χ4n) is 6.71. The van der Waals surface area contributed by atoms with E-state index in [1.807, 2.05) is 72.0 Å². The Morgan fingerprint density at radius 1 is 0.417 bits per heavy atom. The number of fused-ring (bicyclic) bond motifs is 5. The molecule has 9 rings (SSSR count). The average molecular weight is 632 g/mol. The maximum Gasteiger partial charge on any atom is 0.164 e. The minimum absolute atomic E-state index is 0.658. The van der Waals surface area contributed by atoms with E-state index < -0.39 is 0 Å². The Labute approximate surface area is 283 Å². The van der Waals surface area contributed by atoms with Crippen LogP contribution in [0.1, 0.15) is 16.0 Å². The number of rotatable bonds is 5. The third kappa shape index (κ3) is 5.04. The monoisotopic (exact) mass is 631 g/mol. The lowest BCUT2D eigenvalue weighted by atomic mass is 9.90. The average Bonchev–Trinajstić information content (AvgIpc) is 3.46. The first-order valence-corrected chi connectivity index (χ1v) is 17.0. The summed E-state index contributed by atoms with van der Waals surface area (Å²) in [6, 6.07) is 55.3. The summed E-state index contributed by atoms with van der Waals surface area (Å²) < 4.78 is 1.31. The van der Waals surface area contributed by atoms with Gasteiger partial charge in [-0.2, -0.15) is 0 Å². The molecular formula is C44H29N3S.